The van der Waals surface area contributed by atoms with Crippen molar-refractivity contribution < 1.29 is 14.4 Å². The minimum atomic E-state index is -0.440. The summed E-state index contributed by atoms with van der Waals surface area (Å²) in [7, 11) is 0. The zero-order valence-corrected chi connectivity index (χ0v) is 21.1. The van der Waals surface area contributed by atoms with E-state index < -0.39 is 5.91 Å². The molecule has 1 saturated heterocycles. The quantitative estimate of drug-likeness (QED) is 0.512. The van der Waals surface area contributed by atoms with Gasteiger partial charge in [-0.1, -0.05) is 42.9 Å². The molecule has 2 aromatic rings. The number of carbonyl (C=O) groups is 3. The van der Waals surface area contributed by atoms with E-state index in [1.807, 2.05) is 0 Å². The molecule has 1 fully saturated rings. The van der Waals surface area contributed by atoms with Crippen LogP contribution in [-0.2, 0) is 4.79 Å². The van der Waals surface area contributed by atoms with Crippen LogP contribution in [0.25, 0.3) is 0 Å². The second-order valence-electron chi connectivity index (χ2n) is 8.19. The molecule has 1 aromatic heterocycles. The number of likely N-dealkylation sites (N-methyl/N-ethyl adjacent to an activating group) is 1. The lowest BCUT2D eigenvalue weighted by Crippen LogP contribution is -2.40. The van der Waals surface area contributed by atoms with Crippen molar-refractivity contribution >= 4 is 46.3 Å². The van der Waals surface area contributed by atoms with E-state index in [0.29, 0.717) is 36.8 Å². The van der Waals surface area contributed by atoms with Gasteiger partial charge in [0.1, 0.15) is 0 Å². The van der Waals surface area contributed by atoms with Gasteiger partial charge in [0.25, 0.3) is 11.8 Å². The summed E-state index contributed by atoms with van der Waals surface area (Å²) in [6.07, 6.45) is 2.00. The van der Waals surface area contributed by atoms with E-state index in [4.69, 9.17) is 11.6 Å². The van der Waals surface area contributed by atoms with E-state index in [1.165, 1.54) is 0 Å². The molecule has 0 aliphatic carbocycles. The van der Waals surface area contributed by atoms with Crippen molar-refractivity contribution in [3.63, 3.8) is 0 Å². The highest BCUT2D eigenvalue weighted by atomic mass is 35.5. The van der Waals surface area contributed by atoms with Gasteiger partial charge in [0, 0.05) is 43.3 Å². The first-order chi connectivity index (χ1) is 16.4. The van der Waals surface area contributed by atoms with Gasteiger partial charge >= 0.3 is 0 Å². The van der Waals surface area contributed by atoms with E-state index in [-0.39, 0.29) is 27.7 Å². The first-order valence-electron chi connectivity index (χ1n) is 11.6. The Morgan fingerprint density at radius 2 is 1.85 bits per heavy atom. The lowest BCUT2D eigenvalue weighted by molar-refractivity contribution is -0.122. The zero-order valence-electron chi connectivity index (χ0n) is 19.6. The van der Waals surface area contributed by atoms with Crippen LogP contribution in [0, 0.1) is 5.92 Å². The molecule has 1 aliphatic rings. The Balaban J connectivity index is 1.43. The molecule has 0 radical (unpaired) electrons. The van der Waals surface area contributed by atoms with Crippen molar-refractivity contribution in [2.45, 2.75) is 33.1 Å². The third-order valence-corrected chi connectivity index (χ3v) is 7.05. The van der Waals surface area contributed by atoms with Crippen LogP contribution in [0.4, 0.5) is 5.69 Å². The van der Waals surface area contributed by atoms with Gasteiger partial charge in [0.05, 0.1) is 0 Å². The lowest BCUT2D eigenvalue weighted by Gasteiger charge is -2.31. The summed E-state index contributed by atoms with van der Waals surface area (Å²) in [5, 5.41) is 14.3. The molecule has 2 N–H and O–H groups in total. The van der Waals surface area contributed by atoms with Gasteiger partial charge in [-0.15, -0.1) is 10.2 Å². The summed E-state index contributed by atoms with van der Waals surface area (Å²) in [5.41, 5.74) is 0.541. The van der Waals surface area contributed by atoms with E-state index in [9.17, 15) is 14.4 Å². The number of halogens is 1. The molecule has 3 amide bonds. The Morgan fingerprint density at radius 1 is 1.15 bits per heavy atom. The Bertz CT molecular complexity index is 989. The number of aromatic nitrogens is 2. The average molecular weight is 507 g/mol. The molecule has 0 spiro atoms. The molecular formula is C23H31ClN6O3S. The van der Waals surface area contributed by atoms with Crippen molar-refractivity contribution in [2.75, 3.05) is 44.6 Å². The van der Waals surface area contributed by atoms with Crippen molar-refractivity contribution in [3.8, 4) is 0 Å². The first-order valence-corrected chi connectivity index (χ1v) is 12.8. The number of likely N-dealkylation sites (tertiary alicyclic amines) is 1. The van der Waals surface area contributed by atoms with Crippen molar-refractivity contribution in [1.29, 1.82) is 0 Å². The maximum absolute atomic E-state index is 12.8. The number of rotatable bonds is 10. The normalized spacial score (nSPS) is 14.3. The first kappa shape index (κ1) is 26.1. The topological polar surface area (TPSA) is 108 Å². The lowest BCUT2D eigenvalue weighted by atomic mass is 9.93. The summed E-state index contributed by atoms with van der Waals surface area (Å²) in [6, 6.07) is 6.78. The summed E-state index contributed by atoms with van der Waals surface area (Å²) in [4.78, 5) is 41.5. The summed E-state index contributed by atoms with van der Waals surface area (Å²) in [5.74, 6) is -0.353. The SMILES string of the molecule is CCN(CC)CCNC(=O)CC1CCN(C(=O)c2nnc(C(=O)Nc3cccc(Cl)c3)s2)CC1. The van der Waals surface area contributed by atoms with Crippen LogP contribution in [0.1, 0.15) is 52.7 Å². The van der Waals surface area contributed by atoms with Crippen LogP contribution in [0.2, 0.25) is 5.02 Å². The third kappa shape index (κ3) is 7.48. The number of piperidine rings is 1. The minimum Gasteiger partial charge on any atom is -0.355 e. The van der Waals surface area contributed by atoms with Crippen LogP contribution in [0.5, 0.6) is 0 Å². The van der Waals surface area contributed by atoms with Gasteiger partial charge < -0.3 is 20.4 Å². The maximum atomic E-state index is 12.8. The molecule has 0 saturated carbocycles. The van der Waals surface area contributed by atoms with Crippen LogP contribution < -0.4 is 10.6 Å². The van der Waals surface area contributed by atoms with E-state index >= 15 is 0 Å². The fourth-order valence-electron chi connectivity index (χ4n) is 3.86. The average Bonchev–Trinajstić information content (AvgIpc) is 3.32. The summed E-state index contributed by atoms with van der Waals surface area (Å²) < 4.78 is 0. The van der Waals surface area contributed by atoms with E-state index in [2.05, 4.69) is 39.6 Å². The molecule has 184 valence electrons. The van der Waals surface area contributed by atoms with Crippen LogP contribution in [-0.4, -0.2) is 77.0 Å². The largest absolute Gasteiger partial charge is 0.355 e. The molecule has 9 nitrogen and oxygen atoms in total. The Labute approximate surface area is 208 Å². The molecule has 0 atom stereocenters. The van der Waals surface area contributed by atoms with Crippen LogP contribution in [0.15, 0.2) is 24.3 Å². The van der Waals surface area contributed by atoms with Gasteiger partial charge in [-0.25, -0.2) is 0 Å². The number of nitrogens with one attached hydrogen (secondary N) is 2. The second kappa shape index (κ2) is 12.8. The van der Waals surface area contributed by atoms with Gasteiger partial charge in [0.2, 0.25) is 15.9 Å². The number of hydrogen-bond acceptors (Lipinski definition) is 7. The zero-order chi connectivity index (χ0) is 24.5. The molecule has 2 heterocycles. The fourth-order valence-corrected chi connectivity index (χ4v) is 4.75. The Hall–Kier alpha value is -2.56. The predicted octanol–water partition coefficient (Wildman–Crippen LogP) is 3.14. The summed E-state index contributed by atoms with van der Waals surface area (Å²) >= 11 is 6.90. The smallest absolute Gasteiger partial charge is 0.286 e. The Kier molecular flexibility index (Phi) is 9.79. The highest BCUT2D eigenvalue weighted by molar-refractivity contribution is 7.15. The van der Waals surface area contributed by atoms with E-state index in [0.717, 1.165) is 43.8 Å². The molecule has 0 bridgehead atoms. The van der Waals surface area contributed by atoms with Crippen LogP contribution in [0.3, 0.4) is 0 Å². The number of carbonyl (C=O) groups excluding carboxylic acids is 3. The van der Waals surface area contributed by atoms with Crippen LogP contribution >= 0.6 is 22.9 Å². The maximum Gasteiger partial charge on any atom is 0.286 e. The van der Waals surface area contributed by atoms with Gasteiger partial charge in [-0.2, -0.15) is 0 Å². The minimum absolute atomic E-state index is 0.0661. The molecule has 3 rings (SSSR count). The molecule has 34 heavy (non-hydrogen) atoms. The summed E-state index contributed by atoms with van der Waals surface area (Å²) in [6.45, 7) is 8.79. The molecule has 1 aliphatic heterocycles. The monoisotopic (exact) mass is 506 g/mol. The number of nitrogens with zero attached hydrogens (tertiary/aromatic N) is 4. The van der Waals surface area contributed by atoms with Crippen molar-refractivity contribution in [1.82, 2.24) is 25.3 Å². The number of hydrogen-bond donors (Lipinski definition) is 2. The Morgan fingerprint density at radius 3 is 2.53 bits per heavy atom. The van der Waals surface area contributed by atoms with Crippen molar-refractivity contribution in [3.05, 3.63) is 39.3 Å². The molecule has 11 heteroatoms. The standard InChI is InChI=1S/C23H31ClN6O3S/c1-3-29(4-2)13-10-25-19(31)14-16-8-11-30(12-9-16)23(33)22-28-27-21(34-22)20(32)26-18-7-5-6-17(24)15-18/h5-7,15-16H,3-4,8-14H2,1-2H3,(H,25,31)(H,26,32). The highest BCUT2D eigenvalue weighted by Gasteiger charge is 2.28. The van der Waals surface area contributed by atoms with Gasteiger partial charge in [-0.05, 0) is 50.0 Å². The second-order valence-corrected chi connectivity index (χ2v) is 9.61. The fraction of sp³-hybridized carbons (Fsp3) is 0.522. The predicted molar refractivity (Wildman–Crippen MR) is 133 cm³/mol. The molecular weight excluding hydrogens is 476 g/mol. The third-order valence-electron chi connectivity index (χ3n) is 5.91. The molecule has 0 unspecified atom stereocenters. The number of benzene rings is 1. The highest BCUT2D eigenvalue weighted by Crippen LogP contribution is 2.23. The van der Waals surface area contributed by atoms with E-state index in [1.54, 1.807) is 29.2 Å². The number of anilines is 1. The molecule has 1 aromatic carbocycles. The van der Waals surface area contributed by atoms with Gasteiger partial charge in [0.15, 0.2) is 0 Å². The number of amides is 3. The van der Waals surface area contributed by atoms with Crippen molar-refractivity contribution in [2.24, 2.45) is 5.92 Å². The van der Waals surface area contributed by atoms with Gasteiger partial charge in [-0.3, -0.25) is 14.4 Å².